The van der Waals surface area contributed by atoms with Gasteiger partial charge in [0.05, 0.1) is 11.0 Å². The molecule has 1 N–H and O–H groups in total. The van der Waals surface area contributed by atoms with Crippen molar-refractivity contribution in [3.8, 4) is 0 Å². The summed E-state index contributed by atoms with van der Waals surface area (Å²) in [6.07, 6.45) is 4.71. The van der Waals surface area contributed by atoms with Crippen LogP contribution in [0, 0.1) is 0 Å². The first-order chi connectivity index (χ1) is 15.6. The Hall–Kier alpha value is -3.78. The van der Waals surface area contributed by atoms with Crippen LogP contribution < -0.4 is 10.9 Å². The van der Waals surface area contributed by atoms with Crippen LogP contribution in [0.3, 0.4) is 0 Å². The molecule has 0 saturated carbocycles. The maximum atomic E-state index is 13.1. The van der Waals surface area contributed by atoms with E-state index in [-0.39, 0.29) is 11.1 Å². The highest BCUT2D eigenvalue weighted by Crippen LogP contribution is 2.21. The number of amides is 1. The molecular formula is C24H21N5O2S. The number of aryl methyl sites for hydroxylation is 1. The average molecular weight is 444 g/mol. The third-order valence-corrected chi connectivity index (χ3v) is 6.24. The van der Waals surface area contributed by atoms with Crippen molar-refractivity contribution in [3.63, 3.8) is 0 Å². The average Bonchev–Trinajstić information content (AvgIpc) is 3.36. The van der Waals surface area contributed by atoms with Crippen molar-refractivity contribution in [2.45, 2.75) is 26.3 Å². The molecule has 0 aliphatic heterocycles. The lowest BCUT2D eigenvalue weighted by molar-refractivity contribution is 0.102. The summed E-state index contributed by atoms with van der Waals surface area (Å²) in [6, 6.07) is 17.8. The Morgan fingerprint density at radius 1 is 1.09 bits per heavy atom. The van der Waals surface area contributed by atoms with Gasteiger partial charge in [-0.2, -0.15) is 0 Å². The molecule has 2 aromatic carbocycles. The lowest BCUT2D eigenvalue weighted by Crippen LogP contribution is -2.27. The predicted octanol–water partition coefficient (Wildman–Crippen LogP) is 4.36. The standard InChI is InChI=1S/C24H21N5O2S/c1-2-12-28-20-11-7-6-10-19(20)26-23(28)27-21(30)18-14-25-24-29(22(18)31)15-17(32-24)13-16-8-4-3-5-9-16/h3-11,14-15H,2,12-13H2,1H3,(H,26,27,30). The first-order valence-electron chi connectivity index (χ1n) is 10.4. The van der Waals surface area contributed by atoms with E-state index < -0.39 is 5.91 Å². The number of thiazole rings is 1. The van der Waals surface area contributed by atoms with Crippen molar-refractivity contribution in [2.75, 3.05) is 5.32 Å². The normalized spacial score (nSPS) is 11.3. The number of hydrogen-bond donors (Lipinski definition) is 1. The van der Waals surface area contributed by atoms with Crippen molar-refractivity contribution in [1.82, 2.24) is 18.9 Å². The lowest BCUT2D eigenvalue weighted by Gasteiger charge is -2.08. The van der Waals surface area contributed by atoms with Crippen molar-refractivity contribution < 1.29 is 4.79 Å². The Bertz CT molecular complexity index is 1480. The van der Waals surface area contributed by atoms with Gasteiger partial charge in [0.25, 0.3) is 11.5 Å². The topological polar surface area (TPSA) is 81.3 Å². The highest BCUT2D eigenvalue weighted by molar-refractivity contribution is 7.17. The summed E-state index contributed by atoms with van der Waals surface area (Å²) in [7, 11) is 0. The fourth-order valence-electron chi connectivity index (χ4n) is 3.76. The lowest BCUT2D eigenvalue weighted by atomic mass is 10.1. The Morgan fingerprint density at radius 3 is 2.69 bits per heavy atom. The zero-order valence-electron chi connectivity index (χ0n) is 17.5. The Kier molecular flexibility index (Phi) is 5.28. The van der Waals surface area contributed by atoms with Gasteiger partial charge in [0, 0.05) is 30.2 Å². The number of anilines is 1. The van der Waals surface area contributed by atoms with Crippen LogP contribution in [0.4, 0.5) is 5.95 Å². The summed E-state index contributed by atoms with van der Waals surface area (Å²) < 4.78 is 3.41. The van der Waals surface area contributed by atoms with Crippen LogP contribution in [0.25, 0.3) is 16.0 Å². The molecule has 1 amide bonds. The molecule has 5 rings (SSSR count). The molecule has 160 valence electrons. The van der Waals surface area contributed by atoms with Gasteiger partial charge in [0.2, 0.25) is 5.95 Å². The van der Waals surface area contributed by atoms with Crippen molar-refractivity contribution in [3.05, 3.63) is 93.3 Å². The van der Waals surface area contributed by atoms with E-state index in [1.54, 1.807) is 6.20 Å². The fraction of sp³-hybridized carbons (Fsp3) is 0.167. The molecule has 7 nitrogen and oxygen atoms in total. The summed E-state index contributed by atoms with van der Waals surface area (Å²) in [5, 5.41) is 2.82. The van der Waals surface area contributed by atoms with Crippen LogP contribution in [0.5, 0.6) is 0 Å². The third-order valence-electron chi connectivity index (χ3n) is 5.25. The highest BCUT2D eigenvalue weighted by atomic mass is 32.1. The highest BCUT2D eigenvalue weighted by Gasteiger charge is 2.18. The molecular weight excluding hydrogens is 422 g/mol. The summed E-state index contributed by atoms with van der Waals surface area (Å²) in [5.74, 6) is -0.0852. The first kappa shape index (κ1) is 20.1. The second-order valence-corrected chi connectivity index (χ2v) is 8.61. The zero-order valence-corrected chi connectivity index (χ0v) is 18.3. The van der Waals surface area contributed by atoms with Gasteiger partial charge in [-0.15, -0.1) is 11.3 Å². The summed E-state index contributed by atoms with van der Waals surface area (Å²) >= 11 is 1.45. The maximum absolute atomic E-state index is 13.1. The Balaban J connectivity index is 1.46. The largest absolute Gasteiger partial charge is 0.310 e. The molecule has 0 spiro atoms. The van der Waals surface area contributed by atoms with E-state index in [2.05, 4.69) is 22.2 Å². The number of para-hydroxylation sites is 2. The molecule has 32 heavy (non-hydrogen) atoms. The molecule has 0 radical (unpaired) electrons. The minimum atomic E-state index is -0.514. The smallest absolute Gasteiger partial charge is 0.271 e. The number of hydrogen-bond acceptors (Lipinski definition) is 5. The van der Waals surface area contributed by atoms with Crippen LogP contribution in [-0.4, -0.2) is 24.8 Å². The van der Waals surface area contributed by atoms with E-state index in [4.69, 9.17) is 0 Å². The molecule has 3 aromatic heterocycles. The number of nitrogens with zero attached hydrogens (tertiary/aromatic N) is 4. The van der Waals surface area contributed by atoms with E-state index in [1.807, 2.05) is 59.2 Å². The molecule has 5 aromatic rings. The third kappa shape index (κ3) is 3.69. The Morgan fingerprint density at radius 2 is 1.88 bits per heavy atom. The number of carbonyl (C=O) groups excluding carboxylic acids is 1. The van der Waals surface area contributed by atoms with Crippen LogP contribution in [0.1, 0.15) is 34.1 Å². The predicted molar refractivity (Wildman–Crippen MR) is 127 cm³/mol. The van der Waals surface area contributed by atoms with E-state index in [9.17, 15) is 9.59 Å². The van der Waals surface area contributed by atoms with Crippen LogP contribution >= 0.6 is 11.3 Å². The molecule has 0 aliphatic carbocycles. The number of nitrogens with one attached hydrogen (secondary N) is 1. The fourth-order valence-corrected chi connectivity index (χ4v) is 4.73. The summed E-state index contributed by atoms with van der Waals surface area (Å²) in [5.41, 5.74) is 2.49. The monoisotopic (exact) mass is 443 g/mol. The molecule has 8 heteroatoms. The van der Waals surface area contributed by atoms with Gasteiger partial charge in [-0.1, -0.05) is 49.4 Å². The van der Waals surface area contributed by atoms with Crippen LogP contribution in [-0.2, 0) is 13.0 Å². The van der Waals surface area contributed by atoms with Gasteiger partial charge in [-0.05, 0) is 24.1 Å². The number of benzene rings is 2. The van der Waals surface area contributed by atoms with E-state index in [1.165, 1.54) is 21.9 Å². The molecule has 0 aliphatic rings. The molecule has 0 bridgehead atoms. The second kappa shape index (κ2) is 8.39. The SMILES string of the molecule is CCCn1c(NC(=O)c2cnc3sc(Cc4ccccc4)cn3c2=O)nc2ccccc21. The van der Waals surface area contributed by atoms with Crippen molar-refractivity contribution >= 4 is 39.2 Å². The van der Waals surface area contributed by atoms with E-state index in [0.717, 1.165) is 27.9 Å². The van der Waals surface area contributed by atoms with Crippen LogP contribution in [0.15, 0.2) is 71.8 Å². The van der Waals surface area contributed by atoms with Crippen molar-refractivity contribution in [1.29, 1.82) is 0 Å². The minimum Gasteiger partial charge on any atom is -0.310 e. The number of fused-ring (bicyclic) bond motifs is 2. The van der Waals surface area contributed by atoms with Crippen molar-refractivity contribution in [2.24, 2.45) is 0 Å². The molecule has 0 saturated heterocycles. The van der Waals surface area contributed by atoms with Gasteiger partial charge in [0.15, 0.2) is 4.96 Å². The van der Waals surface area contributed by atoms with E-state index >= 15 is 0 Å². The molecule has 0 atom stereocenters. The van der Waals surface area contributed by atoms with Crippen LogP contribution in [0.2, 0.25) is 0 Å². The van der Waals surface area contributed by atoms with Gasteiger partial charge >= 0.3 is 0 Å². The van der Waals surface area contributed by atoms with Gasteiger partial charge in [-0.3, -0.25) is 19.3 Å². The number of imidazole rings is 1. The number of aromatic nitrogens is 4. The van der Waals surface area contributed by atoms with Gasteiger partial charge < -0.3 is 4.57 Å². The summed E-state index contributed by atoms with van der Waals surface area (Å²) in [4.78, 5) is 36.5. The number of carbonyl (C=O) groups is 1. The number of rotatable bonds is 6. The van der Waals surface area contributed by atoms with Gasteiger partial charge in [0.1, 0.15) is 5.56 Å². The minimum absolute atomic E-state index is 0.0123. The van der Waals surface area contributed by atoms with Gasteiger partial charge in [-0.25, -0.2) is 9.97 Å². The van der Waals surface area contributed by atoms with E-state index in [0.29, 0.717) is 23.9 Å². The Labute approximate surface area is 188 Å². The molecule has 0 fully saturated rings. The summed E-state index contributed by atoms with van der Waals surface area (Å²) in [6.45, 7) is 2.77. The molecule has 0 unspecified atom stereocenters. The zero-order chi connectivity index (χ0) is 22.1. The quantitative estimate of drug-likeness (QED) is 0.423. The maximum Gasteiger partial charge on any atom is 0.271 e. The first-order valence-corrected chi connectivity index (χ1v) is 11.3. The second-order valence-electron chi connectivity index (χ2n) is 7.52. The molecule has 3 heterocycles.